The van der Waals surface area contributed by atoms with Crippen LogP contribution in [-0.4, -0.2) is 17.8 Å². The van der Waals surface area contributed by atoms with E-state index in [0.29, 0.717) is 12.3 Å². The summed E-state index contributed by atoms with van der Waals surface area (Å²) >= 11 is 0. The Kier molecular flexibility index (Phi) is 6.04. The first kappa shape index (κ1) is 20.7. The third-order valence-corrected chi connectivity index (χ3v) is 6.12. The zero-order valence-corrected chi connectivity index (χ0v) is 18.1. The molecule has 1 saturated carbocycles. The van der Waals surface area contributed by atoms with Crippen LogP contribution in [0.1, 0.15) is 70.9 Å². The fourth-order valence-corrected chi connectivity index (χ4v) is 4.07. The van der Waals surface area contributed by atoms with E-state index in [2.05, 4.69) is 45.1 Å². The highest BCUT2D eigenvalue weighted by Crippen LogP contribution is 2.38. The average Bonchev–Trinajstić information content (AvgIpc) is 2.67. The van der Waals surface area contributed by atoms with Crippen LogP contribution in [-0.2, 0) is 12.0 Å². The Labute approximate surface area is 170 Å². The van der Waals surface area contributed by atoms with Crippen molar-refractivity contribution in [1.29, 1.82) is 0 Å². The molecule has 2 N–H and O–H groups in total. The Morgan fingerprint density at radius 1 is 1.04 bits per heavy atom. The van der Waals surface area contributed by atoms with Crippen LogP contribution in [0.25, 0.3) is 11.1 Å². The van der Waals surface area contributed by atoms with E-state index >= 15 is 0 Å². The number of methoxy groups -OCH3 is 1. The van der Waals surface area contributed by atoms with Gasteiger partial charge in [0.15, 0.2) is 0 Å². The van der Waals surface area contributed by atoms with Crippen molar-refractivity contribution in [3.05, 3.63) is 47.5 Å². The van der Waals surface area contributed by atoms with E-state index in [1.165, 1.54) is 37.7 Å². The van der Waals surface area contributed by atoms with Gasteiger partial charge in [-0.1, -0.05) is 58.2 Å². The first-order valence-electron chi connectivity index (χ1n) is 10.5. The molecule has 3 rings (SSSR count). The van der Waals surface area contributed by atoms with Gasteiger partial charge in [0.25, 0.3) is 0 Å². The Bertz CT molecular complexity index is 797. The topological polar surface area (TPSA) is 41.5 Å². The van der Waals surface area contributed by atoms with Crippen LogP contribution in [0, 0.1) is 0 Å². The number of benzene rings is 2. The molecule has 3 heteroatoms. The maximum Gasteiger partial charge on any atom is 0.127 e. The molecule has 0 heterocycles. The van der Waals surface area contributed by atoms with Gasteiger partial charge in [-0.3, -0.25) is 0 Å². The van der Waals surface area contributed by atoms with Crippen molar-refractivity contribution in [3.63, 3.8) is 0 Å². The number of hydrogen-bond acceptors (Lipinski definition) is 3. The third-order valence-electron chi connectivity index (χ3n) is 6.12. The maximum atomic E-state index is 11.1. The first-order valence-corrected chi connectivity index (χ1v) is 10.5. The minimum atomic E-state index is 0.0123. The molecule has 1 fully saturated rings. The lowest BCUT2D eigenvalue weighted by atomic mass is 9.82. The first-order chi connectivity index (χ1) is 13.2. The Hall–Kier alpha value is -2.00. The zero-order valence-electron chi connectivity index (χ0n) is 18.1. The summed E-state index contributed by atoms with van der Waals surface area (Å²) in [5, 5.41) is 14.9. The molecule has 0 saturated heterocycles. The number of rotatable bonds is 5. The number of phenols is 1. The van der Waals surface area contributed by atoms with Gasteiger partial charge in [0.2, 0.25) is 0 Å². The Morgan fingerprint density at radius 3 is 2.25 bits per heavy atom. The van der Waals surface area contributed by atoms with Gasteiger partial charge in [0.1, 0.15) is 11.5 Å². The summed E-state index contributed by atoms with van der Waals surface area (Å²) in [6.07, 6.45) is 6.32. The Balaban J connectivity index is 1.96. The van der Waals surface area contributed by atoms with Crippen LogP contribution in [0.4, 0.5) is 0 Å². The molecule has 0 aromatic heterocycles. The van der Waals surface area contributed by atoms with Gasteiger partial charge < -0.3 is 15.2 Å². The number of phenolic OH excluding ortho intramolecular Hbond substituents is 1. The molecule has 28 heavy (non-hydrogen) atoms. The van der Waals surface area contributed by atoms with Crippen molar-refractivity contribution in [1.82, 2.24) is 5.32 Å². The van der Waals surface area contributed by atoms with Gasteiger partial charge in [-0.15, -0.1) is 0 Å². The van der Waals surface area contributed by atoms with E-state index in [0.717, 1.165) is 22.4 Å². The second kappa shape index (κ2) is 8.16. The molecule has 0 unspecified atom stereocenters. The summed E-state index contributed by atoms with van der Waals surface area (Å²) in [5.41, 5.74) is 4.29. The van der Waals surface area contributed by atoms with Crippen LogP contribution >= 0.6 is 0 Å². The molecule has 2 aromatic rings. The maximum absolute atomic E-state index is 11.1. The molecule has 3 nitrogen and oxygen atoms in total. The van der Waals surface area contributed by atoms with Crippen LogP contribution < -0.4 is 10.1 Å². The molecule has 1 aliphatic rings. The van der Waals surface area contributed by atoms with E-state index in [1.54, 1.807) is 7.11 Å². The van der Waals surface area contributed by atoms with Crippen LogP contribution in [0.3, 0.4) is 0 Å². The third kappa shape index (κ3) is 4.70. The van der Waals surface area contributed by atoms with E-state index in [1.807, 2.05) is 24.3 Å². The van der Waals surface area contributed by atoms with Crippen LogP contribution in [0.5, 0.6) is 11.5 Å². The Morgan fingerprint density at radius 2 is 1.68 bits per heavy atom. The predicted octanol–water partition coefficient (Wildman–Crippen LogP) is 6.18. The zero-order chi connectivity index (χ0) is 20.4. The molecule has 152 valence electrons. The van der Waals surface area contributed by atoms with Gasteiger partial charge in [-0.05, 0) is 54.5 Å². The van der Waals surface area contributed by atoms with Gasteiger partial charge in [0.05, 0.1) is 7.11 Å². The normalized spacial score (nSPS) is 16.8. The largest absolute Gasteiger partial charge is 0.507 e. The summed E-state index contributed by atoms with van der Waals surface area (Å²) in [5.74, 6) is 1.20. The van der Waals surface area contributed by atoms with Gasteiger partial charge in [0, 0.05) is 23.2 Å². The highest BCUT2D eigenvalue weighted by Gasteiger charge is 2.27. The average molecular weight is 382 g/mol. The molecular formula is C25H35NO2. The SMILES string of the molecule is COc1ccc(-c2cc(C(C)(C)C)cc(CNC3(C)CCCCC3)c2O)cc1. The molecule has 1 aliphatic carbocycles. The fraction of sp³-hybridized carbons (Fsp3) is 0.520. The summed E-state index contributed by atoms with van der Waals surface area (Å²) in [4.78, 5) is 0. The lowest BCUT2D eigenvalue weighted by molar-refractivity contribution is 0.251. The van der Waals surface area contributed by atoms with Crippen molar-refractivity contribution in [2.24, 2.45) is 0 Å². The molecule has 2 aromatic carbocycles. The molecular weight excluding hydrogens is 346 g/mol. The minimum absolute atomic E-state index is 0.0123. The number of aromatic hydroxyl groups is 1. The van der Waals surface area contributed by atoms with Gasteiger partial charge >= 0.3 is 0 Å². The van der Waals surface area contributed by atoms with Crippen molar-refractivity contribution in [3.8, 4) is 22.6 Å². The second-order valence-electron chi connectivity index (χ2n) is 9.48. The number of ether oxygens (including phenoxy) is 1. The van der Waals surface area contributed by atoms with Crippen LogP contribution in [0.15, 0.2) is 36.4 Å². The predicted molar refractivity (Wildman–Crippen MR) is 117 cm³/mol. The molecule has 0 atom stereocenters. The second-order valence-corrected chi connectivity index (χ2v) is 9.48. The highest BCUT2D eigenvalue weighted by atomic mass is 16.5. The van der Waals surface area contributed by atoms with Crippen molar-refractivity contribution < 1.29 is 9.84 Å². The summed E-state index contributed by atoms with van der Waals surface area (Å²) in [7, 11) is 1.67. The minimum Gasteiger partial charge on any atom is -0.507 e. The molecule has 0 spiro atoms. The van der Waals surface area contributed by atoms with Crippen LogP contribution in [0.2, 0.25) is 0 Å². The van der Waals surface area contributed by atoms with E-state index in [9.17, 15) is 5.11 Å². The molecule has 0 aliphatic heterocycles. The highest BCUT2D eigenvalue weighted by molar-refractivity contribution is 5.73. The summed E-state index contributed by atoms with van der Waals surface area (Å²) < 4.78 is 5.28. The van der Waals surface area contributed by atoms with E-state index in [4.69, 9.17) is 4.74 Å². The number of nitrogens with one attached hydrogen (secondary N) is 1. The lowest BCUT2D eigenvalue weighted by Gasteiger charge is -2.35. The number of hydrogen-bond donors (Lipinski definition) is 2. The molecule has 0 amide bonds. The smallest absolute Gasteiger partial charge is 0.127 e. The van der Waals surface area contributed by atoms with Crippen molar-refractivity contribution in [2.75, 3.05) is 7.11 Å². The molecule has 0 radical (unpaired) electrons. The standard InChI is InChI=1S/C25H35NO2/c1-24(2,3)20-15-19(17-26-25(4)13-7-6-8-14-25)23(27)22(16-20)18-9-11-21(28-5)12-10-18/h9-12,15-16,26-27H,6-8,13-14,17H2,1-5H3. The lowest BCUT2D eigenvalue weighted by Crippen LogP contribution is -2.43. The van der Waals surface area contributed by atoms with E-state index < -0.39 is 0 Å². The summed E-state index contributed by atoms with van der Waals surface area (Å²) in [6, 6.07) is 12.2. The van der Waals surface area contributed by atoms with Crippen molar-refractivity contribution >= 4 is 0 Å². The quantitative estimate of drug-likeness (QED) is 0.650. The summed E-state index contributed by atoms with van der Waals surface area (Å²) in [6.45, 7) is 9.67. The monoisotopic (exact) mass is 381 g/mol. The fourth-order valence-electron chi connectivity index (χ4n) is 4.07. The van der Waals surface area contributed by atoms with Gasteiger partial charge in [-0.2, -0.15) is 0 Å². The molecule has 0 bridgehead atoms. The van der Waals surface area contributed by atoms with Crippen molar-refractivity contribution in [2.45, 2.75) is 77.3 Å². The van der Waals surface area contributed by atoms with Gasteiger partial charge in [-0.25, -0.2) is 0 Å². The van der Waals surface area contributed by atoms with E-state index in [-0.39, 0.29) is 11.0 Å².